The minimum atomic E-state index is 0.332. The molecule has 17 heavy (non-hydrogen) atoms. The van der Waals surface area contributed by atoms with Gasteiger partial charge in [0.2, 0.25) is 0 Å². The Kier molecular flexibility index (Phi) is 3.84. The van der Waals surface area contributed by atoms with E-state index >= 15 is 0 Å². The van der Waals surface area contributed by atoms with E-state index in [0.29, 0.717) is 11.0 Å². The average Bonchev–Trinajstić information content (AvgIpc) is 2.63. The number of rotatable bonds is 2. The Morgan fingerprint density at radius 3 is 2.53 bits per heavy atom. The van der Waals surface area contributed by atoms with Gasteiger partial charge in [0, 0.05) is 18.6 Å². The molecule has 2 rings (SSSR count). The number of nitrogens with two attached hydrogens (primary N) is 1. The maximum absolute atomic E-state index is 6.18. The van der Waals surface area contributed by atoms with Crippen molar-refractivity contribution in [2.45, 2.75) is 64.8 Å². The Labute approximate surface area is 107 Å². The molecular formula is C15H30N2. The third-order valence-electron chi connectivity index (χ3n) is 5.24. The van der Waals surface area contributed by atoms with Crippen LogP contribution in [0, 0.1) is 11.3 Å². The van der Waals surface area contributed by atoms with E-state index in [1.165, 1.54) is 51.6 Å². The first-order valence-electron chi connectivity index (χ1n) is 7.43. The highest BCUT2D eigenvalue weighted by Gasteiger charge is 2.41. The lowest BCUT2D eigenvalue weighted by Gasteiger charge is -2.41. The van der Waals surface area contributed by atoms with Crippen LogP contribution < -0.4 is 5.73 Å². The molecule has 2 N–H and O–H groups in total. The molecule has 2 fully saturated rings. The third-order valence-corrected chi connectivity index (χ3v) is 5.24. The molecule has 0 radical (unpaired) electrons. The molecule has 2 atom stereocenters. The molecule has 2 heteroatoms. The van der Waals surface area contributed by atoms with Crippen molar-refractivity contribution in [1.82, 2.24) is 4.90 Å². The fourth-order valence-electron chi connectivity index (χ4n) is 3.73. The van der Waals surface area contributed by atoms with Gasteiger partial charge in [-0.3, -0.25) is 4.90 Å². The van der Waals surface area contributed by atoms with Gasteiger partial charge in [0.1, 0.15) is 0 Å². The minimum Gasteiger partial charge on any atom is -0.329 e. The zero-order chi connectivity index (χ0) is 12.5. The number of likely N-dealkylation sites (tertiary alicyclic amines) is 1. The van der Waals surface area contributed by atoms with Crippen molar-refractivity contribution in [1.29, 1.82) is 0 Å². The van der Waals surface area contributed by atoms with E-state index in [1.54, 1.807) is 0 Å². The molecule has 1 aliphatic carbocycles. The number of hydrogen-bond donors (Lipinski definition) is 1. The monoisotopic (exact) mass is 238 g/mol. The SMILES string of the molecule is CC1CCN(C2(CN)CCCC(C)(C)CC2)C1. The summed E-state index contributed by atoms with van der Waals surface area (Å²) in [4.78, 5) is 2.72. The highest BCUT2D eigenvalue weighted by molar-refractivity contribution is 4.98. The summed E-state index contributed by atoms with van der Waals surface area (Å²) in [6, 6.07) is 0. The van der Waals surface area contributed by atoms with Crippen LogP contribution in [0.3, 0.4) is 0 Å². The normalized spacial score (nSPS) is 39.2. The predicted octanol–water partition coefficient (Wildman–Crippen LogP) is 3.02. The van der Waals surface area contributed by atoms with Crippen molar-refractivity contribution < 1.29 is 0 Å². The summed E-state index contributed by atoms with van der Waals surface area (Å²) < 4.78 is 0. The molecule has 0 bridgehead atoms. The highest BCUT2D eigenvalue weighted by atomic mass is 15.2. The van der Waals surface area contributed by atoms with Crippen molar-refractivity contribution >= 4 is 0 Å². The van der Waals surface area contributed by atoms with E-state index in [2.05, 4.69) is 25.7 Å². The molecule has 0 amide bonds. The van der Waals surface area contributed by atoms with Crippen molar-refractivity contribution in [2.75, 3.05) is 19.6 Å². The molecule has 1 heterocycles. The number of hydrogen-bond acceptors (Lipinski definition) is 2. The minimum absolute atomic E-state index is 0.332. The van der Waals surface area contributed by atoms with E-state index in [1.807, 2.05) is 0 Å². The summed E-state index contributed by atoms with van der Waals surface area (Å²) in [7, 11) is 0. The van der Waals surface area contributed by atoms with Crippen LogP contribution in [0.1, 0.15) is 59.3 Å². The van der Waals surface area contributed by atoms with E-state index in [4.69, 9.17) is 5.73 Å². The van der Waals surface area contributed by atoms with E-state index < -0.39 is 0 Å². The lowest BCUT2D eigenvalue weighted by molar-refractivity contribution is 0.0981. The molecule has 2 nitrogen and oxygen atoms in total. The molecule has 1 aliphatic heterocycles. The second-order valence-corrected chi connectivity index (χ2v) is 7.29. The molecule has 100 valence electrons. The first kappa shape index (κ1) is 13.4. The van der Waals surface area contributed by atoms with Gasteiger partial charge in [-0.15, -0.1) is 0 Å². The molecule has 0 aromatic carbocycles. The summed E-state index contributed by atoms with van der Waals surface area (Å²) in [6.07, 6.45) is 8.07. The van der Waals surface area contributed by atoms with Gasteiger partial charge < -0.3 is 5.73 Å². The standard InChI is InChI=1S/C15H30N2/c1-13-5-10-17(11-13)15(12-16)7-4-6-14(2,3)8-9-15/h13H,4-12,16H2,1-3H3. The predicted molar refractivity (Wildman–Crippen MR) is 74.0 cm³/mol. The lowest BCUT2D eigenvalue weighted by Crippen LogP contribution is -2.52. The molecular weight excluding hydrogens is 208 g/mol. The van der Waals surface area contributed by atoms with Crippen LogP contribution in [-0.2, 0) is 0 Å². The lowest BCUT2D eigenvalue weighted by atomic mass is 9.83. The summed E-state index contributed by atoms with van der Waals surface area (Å²) in [5.41, 5.74) is 7.04. The van der Waals surface area contributed by atoms with Crippen molar-refractivity contribution in [2.24, 2.45) is 17.1 Å². The van der Waals surface area contributed by atoms with Crippen molar-refractivity contribution in [3.05, 3.63) is 0 Å². The van der Waals surface area contributed by atoms with Crippen LogP contribution in [0.4, 0.5) is 0 Å². The van der Waals surface area contributed by atoms with Gasteiger partial charge in [-0.2, -0.15) is 0 Å². The summed E-state index contributed by atoms with van der Waals surface area (Å²) in [5.74, 6) is 0.870. The van der Waals surface area contributed by atoms with Crippen LogP contribution in [0.25, 0.3) is 0 Å². The van der Waals surface area contributed by atoms with Gasteiger partial charge in [0.15, 0.2) is 0 Å². The van der Waals surface area contributed by atoms with Crippen LogP contribution in [0.15, 0.2) is 0 Å². The van der Waals surface area contributed by atoms with Gasteiger partial charge >= 0.3 is 0 Å². The van der Waals surface area contributed by atoms with Crippen molar-refractivity contribution in [3.8, 4) is 0 Å². The zero-order valence-electron chi connectivity index (χ0n) is 12.0. The van der Waals surface area contributed by atoms with Gasteiger partial charge in [-0.05, 0) is 50.0 Å². The van der Waals surface area contributed by atoms with Crippen LogP contribution in [0.2, 0.25) is 0 Å². The van der Waals surface area contributed by atoms with Gasteiger partial charge in [0.05, 0.1) is 0 Å². The zero-order valence-corrected chi connectivity index (χ0v) is 12.0. The van der Waals surface area contributed by atoms with E-state index in [0.717, 1.165) is 12.5 Å². The smallest absolute Gasteiger partial charge is 0.0332 e. The third kappa shape index (κ3) is 2.85. The highest BCUT2D eigenvalue weighted by Crippen LogP contribution is 2.41. The van der Waals surface area contributed by atoms with Gasteiger partial charge in [-0.25, -0.2) is 0 Å². The quantitative estimate of drug-likeness (QED) is 0.749. The molecule has 0 spiro atoms. The van der Waals surface area contributed by atoms with E-state index in [-0.39, 0.29) is 0 Å². The molecule has 2 aliphatic rings. The molecule has 0 aromatic rings. The second kappa shape index (κ2) is 4.89. The van der Waals surface area contributed by atoms with Crippen LogP contribution in [0.5, 0.6) is 0 Å². The maximum Gasteiger partial charge on any atom is 0.0332 e. The average molecular weight is 238 g/mol. The fraction of sp³-hybridized carbons (Fsp3) is 1.00. The molecule has 2 unspecified atom stereocenters. The maximum atomic E-state index is 6.18. The Hall–Kier alpha value is -0.0800. The van der Waals surface area contributed by atoms with Crippen LogP contribution in [-0.4, -0.2) is 30.1 Å². The van der Waals surface area contributed by atoms with Crippen LogP contribution >= 0.6 is 0 Å². The Morgan fingerprint density at radius 1 is 1.18 bits per heavy atom. The van der Waals surface area contributed by atoms with Gasteiger partial charge in [0.25, 0.3) is 0 Å². The van der Waals surface area contributed by atoms with E-state index in [9.17, 15) is 0 Å². The summed E-state index contributed by atoms with van der Waals surface area (Å²) >= 11 is 0. The van der Waals surface area contributed by atoms with Gasteiger partial charge in [-0.1, -0.05) is 27.2 Å². The largest absolute Gasteiger partial charge is 0.329 e. The Morgan fingerprint density at radius 2 is 1.94 bits per heavy atom. The molecule has 1 saturated heterocycles. The summed E-state index contributed by atoms with van der Waals surface area (Å²) in [6.45, 7) is 10.6. The Bertz CT molecular complexity index is 262. The topological polar surface area (TPSA) is 29.3 Å². The molecule has 1 saturated carbocycles. The fourth-order valence-corrected chi connectivity index (χ4v) is 3.73. The first-order valence-corrected chi connectivity index (χ1v) is 7.43. The Balaban J connectivity index is 2.08. The molecule has 0 aromatic heterocycles. The second-order valence-electron chi connectivity index (χ2n) is 7.29. The number of nitrogens with zero attached hydrogens (tertiary/aromatic N) is 1. The first-order chi connectivity index (χ1) is 7.97. The van der Waals surface area contributed by atoms with Crippen molar-refractivity contribution in [3.63, 3.8) is 0 Å². The summed E-state index contributed by atoms with van der Waals surface area (Å²) in [5, 5.41) is 0.